The van der Waals surface area contributed by atoms with Crippen molar-refractivity contribution in [2.75, 3.05) is 5.32 Å². The quantitative estimate of drug-likeness (QED) is 0.672. The van der Waals surface area contributed by atoms with E-state index in [1.807, 2.05) is 42.5 Å². The molecule has 28 heavy (non-hydrogen) atoms. The second-order valence-corrected chi connectivity index (χ2v) is 6.54. The average Bonchev–Trinajstić information content (AvgIpc) is 2.96. The monoisotopic (exact) mass is 374 g/mol. The first-order valence-electron chi connectivity index (χ1n) is 8.91. The number of nitrogens with zero attached hydrogens (tertiary/aromatic N) is 2. The number of aromatic nitrogens is 1. The van der Waals surface area contributed by atoms with Gasteiger partial charge < -0.3 is 10.6 Å². The van der Waals surface area contributed by atoms with Crippen LogP contribution in [0.25, 0.3) is 10.9 Å². The third-order valence-corrected chi connectivity index (χ3v) is 4.60. The van der Waals surface area contributed by atoms with Gasteiger partial charge in [0, 0.05) is 11.6 Å². The molecular weight excluding hydrogens is 356 g/mol. The summed E-state index contributed by atoms with van der Waals surface area (Å²) in [5.74, 6) is -0.750. The first-order valence-corrected chi connectivity index (χ1v) is 8.91. The molecule has 1 aliphatic heterocycles. The maximum atomic E-state index is 12.6. The maximum Gasteiger partial charge on any atom is 0.325 e. The molecule has 3 aromatic rings. The summed E-state index contributed by atoms with van der Waals surface area (Å²) in [4.78, 5) is 42.6. The van der Waals surface area contributed by atoms with Crippen molar-refractivity contribution in [3.63, 3.8) is 0 Å². The lowest BCUT2D eigenvalue weighted by Gasteiger charge is -2.13. The maximum absolute atomic E-state index is 12.6. The molecule has 1 aliphatic rings. The molecule has 7 heteroatoms. The Morgan fingerprint density at radius 3 is 2.68 bits per heavy atom. The van der Waals surface area contributed by atoms with Gasteiger partial charge in [-0.05, 0) is 29.8 Å². The van der Waals surface area contributed by atoms with Gasteiger partial charge in [0.25, 0.3) is 5.91 Å². The number of hydrogen-bond acceptors (Lipinski definition) is 4. The average molecular weight is 374 g/mol. The van der Waals surface area contributed by atoms with Gasteiger partial charge >= 0.3 is 6.03 Å². The molecule has 1 fully saturated rings. The van der Waals surface area contributed by atoms with Gasteiger partial charge in [0.05, 0.1) is 24.2 Å². The SMILES string of the molecule is O=C(C[C@H]1NC(=O)N(Cc2ccccc2)C1=O)Nc1cccc2ncccc12. The van der Waals surface area contributed by atoms with Crippen LogP contribution in [0.15, 0.2) is 66.9 Å². The predicted octanol–water partition coefficient (Wildman–Crippen LogP) is 2.68. The Kier molecular flexibility index (Phi) is 4.72. The number of fused-ring (bicyclic) bond motifs is 1. The zero-order chi connectivity index (χ0) is 19.5. The second-order valence-electron chi connectivity index (χ2n) is 6.54. The Morgan fingerprint density at radius 2 is 1.86 bits per heavy atom. The first-order chi connectivity index (χ1) is 13.6. The highest BCUT2D eigenvalue weighted by Gasteiger charge is 2.38. The van der Waals surface area contributed by atoms with E-state index >= 15 is 0 Å². The van der Waals surface area contributed by atoms with E-state index in [9.17, 15) is 14.4 Å². The Bertz CT molecular complexity index is 1050. The van der Waals surface area contributed by atoms with Crippen LogP contribution in [-0.4, -0.2) is 33.8 Å². The van der Waals surface area contributed by atoms with Crippen LogP contribution >= 0.6 is 0 Å². The standard InChI is InChI=1S/C21H18N4O3/c26-19(23-17-10-4-9-16-15(17)8-5-11-22-16)12-18-20(27)25(21(28)24-18)13-14-6-2-1-3-7-14/h1-11,18H,12-13H2,(H,23,26)(H,24,28)/t18-/m1/s1. The molecule has 1 aromatic heterocycles. The van der Waals surface area contributed by atoms with Crippen molar-refractivity contribution in [3.05, 3.63) is 72.4 Å². The number of anilines is 1. The van der Waals surface area contributed by atoms with Gasteiger partial charge in [0.1, 0.15) is 6.04 Å². The summed E-state index contributed by atoms with van der Waals surface area (Å²) in [6.45, 7) is 0.179. The minimum atomic E-state index is -0.871. The fraction of sp³-hybridized carbons (Fsp3) is 0.143. The summed E-state index contributed by atoms with van der Waals surface area (Å²) in [6.07, 6.45) is 1.55. The van der Waals surface area contributed by atoms with Crippen molar-refractivity contribution in [2.24, 2.45) is 0 Å². The molecule has 1 saturated heterocycles. The van der Waals surface area contributed by atoms with Gasteiger partial charge in [0.2, 0.25) is 5.91 Å². The number of urea groups is 1. The van der Waals surface area contributed by atoms with Gasteiger partial charge in [-0.15, -0.1) is 0 Å². The van der Waals surface area contributed by atoms with Gasteiger partial charge in [-0.1, -0.05) is 36.4 Å². The van der Waals surface area contributed by atoms with Crippen LogP contribution in [0.4, 0.5) is 10.5 Å². The van der Waals surface area contributed by atoms with E-state index in [0.29, 0.717) is 5.69 Å². The second kappa shape index (κ2) is 7.48. The topological polar surface area (TPSA) is 91.4 Å². The molecule has 0 spiro atoms. The van der Waals surface area contributed by atoms with E-state index < -0.39 is 18.0 Å². The predicted molar refractivity (Wildman–Crippen MR) is 104 cm³/mol. The van der Waals surface area contributed by atoms with Crippen molar-refractivity contribution in [2.45, 2.75) is 19.0 Å². The third kappa shape index (κ3) is 3.55. The lowest BCUT2D eigenvalue weighted by atomic mass is 10.1. The fourth-order valence-electron chi connectivity index (χ4n) is 3.23. The van der Waals surface area contributed by atoms with Crippen LogP contribution in [0.5, 0.6) is 0 Å². The number of pyridine rings is 1. The Labute approximate surface area is 161 Å². The van der Waals surface area contributed by atoms with Crippen molar-refractivity contribution < 1.29 is 14.4 Å². The molecule has 0 unspecified atom stereocenters. The highest BCUT2D eigenvalue weighted by Crippen LogP contribution is 2.22. The minimum Gasteiger partial charge on any atom is -0.325 e. The van der Waals surface area contributed by atoms with Crippen molar-refractivity contribution >= 4 is 34.4 Å². The minimum absolute atomic E-state index is 0.132. The summed E-state index contributed by atoms with van der Waals surface area (Å²) in [6, 6.07) is 17.0. The van der Waals surface area contributed by atoms with E-state index in [-0.39, 0.29) is 18.9 Å². The molecule has 2 N–H and O–H groups in total. The molecule has 140 valence electrons. The lowest BCUT2D eigenvalue weighted by Crippen LogP contribution is -2.34. The Hall–Kier alpha value is -3.74. The van der Waals surface area contributed by atoms with E-state index in [4.69, 9.17) is 0 Å². The van der Waals surface area contributed by atoms with Gasteiger partial charge in [0.15, 0.2) is 0 Å². The summed E-state index contributed by atoms with van der Waals surface area (Å²) in [5, 5.41) is 6.21. The van der Waals surface area contributed by atoms with Crippen molar-refractivity contribution in [1.82, 2.24) is 15.2 Å². The number of carbonyl (C=O) groups is 3. The molecular formula is C21H18N4O3. The van der Waals surface area contributed by atoms with Crippen LogP contribution in [0, 0.1) is 0 Å². The Balaban J connectivity index is 1.43. The highest BCUT2D eigenvalue weighted by atomic mass is 16.2. The number of benzene rings is 2. The summed E-state index contributed by atoms with van der Waals surface area (Å²) < 4.78 is 0. The molecule has 0 aliphatic carbocycles. The molecule has 2 heterocycles. The Morgan fingerprint density at radius 1 is 1.04 bits per heavy atom. The van der Waals surface area contributed by atoms with Gasteiger partial charge in [-0.3, -0.25) is 19.5 Å². The van der Waals surface area contributed by atoms with Gasteiger partial charge in [-0.2, -0.15) is 0 Å². The molecule has 2 aromatic carbocycles. The fourth-order valence-corrected chi connectivity index (χ4v) is 3.23. The number of rotatable bonds is 5. The van der Waals surface area contributed by atoms with Crippen molar-refractivity contribution in [3.8, 4) is 0 Å². The summed E-state index contributed by atoms with van der Waals surface area (Å²) in [7, 11) is 0. The summed E-state index contributed by atoms with van der Waals surface area (Å²) in [5.41, 5.74) is 2.23. The number of amides is 4. The van der Waals surface area contributed by atoms with Crippen LogP contribution in [-0.2, 0) is 16.1 Å². The van der Waals surface area contributed by atoms with Crippen LogP contribution in [0.3, 0.4) is 0 Å². The number of hydrogen-bond donors (Lipinski definition) is 2. The zero-order valence-electron chi connectivity index (χ0n) is 15.0. The molecule has 0 bridgehead atoms. The smallest absolute Gasteiger partial charge is 0.325 e. The number of carbonyl (C=O) groups excluding carboxylic acids is 3. The molecule has 0 radical (unpaired) electrons. The zero-order valence-corrected chi connectivity index (χ0v) is 15.0. The molecule has 4 rings (SSSR count). The number of nitrogens with one attached hydrogen (secondary N) is 2. The van der Waals surface area contributed by atoms with Crippen LogP contribution in [0.2, 0.25) is 0 Å². The molecule has 0 saturated carbocycles. The van der Waals surface area contributed by atoms with Crippen molar-refractivity contribution in [1.29, 1.82) is 0 Å². The van der Waals surface area contributed by atoms with Gasteiger partial charge in [-0.25, -0.2) is 4.79 Å². The number of imide groups is 1. The van der Waals surface area contributed by atoms with E-state index in [1.165, 1.54) is 0 Å². The first kappa shape index (κ1) is 17.7. The largest absolute Gasteiger partial charge is 0.325 e. The van der Waals surface area contributed by atoms with E-state index in [1.54, 1.807) is 24.4 Å². The summed E-state index contributed by atoms with van der Waals surface area (Å²) >= 11 is 0. The molecule has 7 nitrogen and oxygen atoms in total. The lowest BCUT2D eigenvalue weighted by molar-refractivity contribution is -0.130. The van der Waals surface area contributed by atoms with Crippen LogP contribution in [0.1, 0.15) is 12.0 Å². The van der Waals surface area contributed by atoms with Crippen LogP contribution < -0.4 is 10.6 Å². The normalized spacial score (nSPS) is 16.3. The third-order valence-electron chi connectivity index (χ3n) is 4.60. The van der Waals surface area contributed by atoms with E-state index in [0.717, 1.165) is 21.4 Å². The highest BCUT2D eigenvalue weighted by molar-refractivity contribution is 6.08. The van der Waals surface area contributed by atoms with E-state index in [2.05, 4.69) is 15.6 Å². The molecule has 1 atom stereocenters. The molecule has 4 amide bonds.